The Morgan fingerprint density at radius 1 is 0.220 bits per heavy atom. The molecule has 0 unspecified atom stereocenters. The van der Waals surface area contributed by atoms with Gasteiger partial charge >= 0.3 is 6.18 Å². The Bertz CT molecular complexity index is 6410. The van der Waals surface area contributed by atoms with E-state index in [1.807, 2.05) is 336 Å². The summed E-state index contributed by atoms with van der Waals surface area (Å²) in [6.07, 6.45) is -4.41. The van der Waals surface area contributed by atoms with Gasteiger partial charge in [0.15, 0.2) is 0 Å². The summed E-state index contributed by atoms with van der Waals surface area (Å²) in [4.78, 5) is 0. The average molecular weight is 1760 g/mol. The van der Waals surface area contributed by atoms with Gasteiger partial charge in [0.25, 0.3) is 0 Å². The molecule has 12 N–H and O–H groups in total. The van der Waals surface area contributed by atoms with Crippen LogP contribution in [0.15, 0.2) is 382 Å². The van der Waals surface area contributed by atoms with Gasteiger partial charge in [-0.15, -0.1) is 0 Å². The van der Waals surface area contributed by atoms with Gasteiger partial charge in [-0.05, 0) is 359 Å². The zero-order valence-corrected chi connectivity index (χ0v) is 74.7. The van der Waals surface area contributed by atoms with Gasteiger partial charge in [-0.25, -0.2) is 0 Å². The van der Waals surface area contributed by atoms with Gasteiger partial charge < -0.3 is 72.3 Å². The average Bonchev–Trinajstić information content (AvgIpc) is 0.794. The Morgan fingerprint density at radius 2 is 0.515 bits per heavy atom. The second kappa shape index (κ2) is 44.0. The lowest BCUT2D eigenvalue weighted by Gasteiger charge is -2.26. The van der Waals surface area contributed by atoms with E-state index < -0.39 is 11.7 Å². The lowest BCUT2D eigenvalue weighted by molar-refractivity contribution is -0.137. The van der Waals surface area contributed by atoms with Crippen molar-refractivity contribution >= 4 is 34.1 Å². The van der Waals surface area contributed by atoms with Crippen LogP contribution in [-0.2, 0) is 11.6 Å². The summed E-state index contributed by atoms with van der Waals surface area (Å²) in [5.74, 6) is 12.6. The smallest absolute Gasteiger partial charge is 0.417 e. The third-order valence-electron chi connectivity index (χ3n) is 21.5. The van der Waals surface area contributed by atoms with Gasteiger partial charge in [0.2, 0.25) is 0 Å². The Balaban J connectivity index is 0.000000150. The molecule has 0 saturated heterocycles. The molecule has 0 amide bonds. The number of ether oxygens (including phenoxy) is 8. The molecule has 14 nitrogen and oxygen atoms in total. The zero-order valence-electron chi connectivity index (χ0n) is 74.7. The molecule has 0 fully saturated rings. The standard InChI is InChI=1S/C28H27NO2.C25H21NO2.C24H20N2O2.C22H23NO2.C15H14F3N.CH4/c1-20-4-12-24(13-5-20)30-25-14-6-21(7-15-25)28(2,3)22-8-16-26(17-9-22)31-27-18-10-23(29)11-19-27;1-18-2-10-22(11-3-18)27-23-12-4-19(5-13-23)20-6-14-24(15-7-20)28-25-16-8-21(26)9-17-25;25-18-6-10-20(11-7-18)27-22-14-15-24(28-21-12-8-19(26)9-13-21)23(16-22)17-4-2-1-3-5-17;1-14-5-9-19(10-6-14)24-21-13-15(2)22(17(4)16(21)3)25-20-11-7-18(23)8-12-20;1-9-3-5-12(10(2)7-9)13-6-4-11(19)8-14(13)15(16,17)18;/h4-19H,29H2,1-3H3;2-17H,26H2,1H3;1-16H,25-26H2;5-13H,23H2,1-4H3;3-8H,19H2,1-2H3;1H4. The predicted molar refractivity (Wildman–Crippen MR) is 535 cm³/mol. The number of nitrogen functional groups attached to an aromatic ring is 6. The molecule has 0 spiro atoms. The molecular formula is C115H109F3N6O8. The summed E-state index contributed by atoms with van der Waals surface area (Å²) < 4.78 is 87.1. The van der Waals surface area contributed by atoms with Crippen LogP contribution < -0.4 is 72.3 Å². The highest BCUT2D eigenvalue weighted by atomic mass is 19.4. The molecule has 0 bridgehead atoms. The van der Waals surface area contributed by atoms with Crippen LogP contribution in [-0.4, -0.2) is 0 Å². The third-order valence-corrected chi connectivity index (χ3v) is 21.5. The van der Waals surface area contributed by atoms with Crippen LogP contribution in [0.3, 0.4) is 0 Å². The minimum absolute atomic E-state index is 0. The maximum absolute atomic E-state index is 13.1. The van der Waals surface area contributed by atoms with E-state index in [-0.39, 0.29) is 24.1 Å². The van der Waals surface area contributed by atoms with Crippen LogP contribution in [0.4, 0.5) is 47.3 Å². The highest BCUT2D eigenvalue weighted by Crippen LogP contribution is 2.44. The first-order chi connectivity index (χ1) is 62.9. The second-order valence-electron chi connectivity index (χ2n) is 32.2. The number of alkyl halides is 3. The van der Waals surface area contributed by atoms with Gasteiger partial charge in [-0.3, -0.25) is 0 Å². The number of rotatable bonds is 21. The lowest BCUT2D eigenvalue weighted by atomic mass is 9.78. The van der Waals surface area contributed by atoms with Crippen molar-refractivity contribution in [1.82, 2.24) is 0 Å². The van der Waals surface area contributed by atoms with Crippen molar-refractivity contribution in [1.29, 1.82) is 0 Å². The van der Waals surface area contributed by atoms with E-state index in [1.165, 1.54) is 39.9 Å². The second-order valence-corrected chi connectivity index (χ2v) is 32.2. The monoisotopic (exact) mass is 1760 g/mol. The van der Waals surface area contributed by atoms with Crippen molar-refractivity contribution in [2.75, 3.05) is 34.4 Å². The number of aryl methyl sites for hydroxylation is 6. The molecule has 17 heteroatoms. The molecule has 0 heterocycles. The first kappa shape index (κ1) is 94.9. The van der Waals surface area contributed by atoms with Crippen molar-refractivity contribution < 1.29 is 51.1 Å². The first-order valence-electron chi connectivity index (χ1n) is 42.6. The van der Waals surface area contributed by atoms with Gasteiger partial charge in [-0.1, -0.05) is 183 Å². The van der Waals surface area contributed by atoms with E-state index in [1.54, 1.807) is 19.1 Å². The van der Waals surface area contributed by atoms with Crippen molar-refractivity contribution in [3.8, 4) is 125 Å². The van der Waals surface area contributed by atoms with Gasteiger partial charge in [0, 0.05) is 45.1 Å². The maximum atomic E-state index is 13.1. The molecule has 0 atom stereocenters. The number of nitrogens with two attached hydrogens (primary N) is 6. The Hall–Kier alpha value is -16.3. The highest BCUT2D eigenvalue weighted by Gasteiger charge is 2.34. The molecule has 0 radical (unpaired) electrons. The molecule has 0 aliphatic heterocycles. The molecule has 668 valence electrons. The van der Waals surface area contributed by atoms with Gasteiger partial charge in [0.05, 0.1) is 5.56 Å². The van der Waals surface area contributed by atoms with Crippen molar-refractivity contribution in [3.05, 3.63) is 443 Å². The van der Waals surface area contributed by atoms with Crippen molar-refractivity contribution in [3.63, 3.8) is 0 Å². The van der Waals surface area contributed by atoms with E-state index in [9.17, 15) is 13.2 Å². The summed E-state index contributed by atoms with van der Waals surface area (Å²) in [6, 6.07) is 121. The fourth-order valence-electron chi connectivity index (χ4n) is 14.0. The molecule has 0 aliphatic rings. The quantitative estimate of drug-likeness (QED) is 0.0368. The summed E-state index contributed by atoms with van der Waals surface area (Å²) >= 11 is 0. The van der Waals surface area contributed by atoms with Crippen molar-refractivity contribution in [2.45, 2.75) is 88.3 Å². The minimum atomic E-state index is -4.41. The molecule has 0 aromatic heterocycles. The molecule has 17 rings (SSSR count). The van der Waals surface area contributed by atoms with E-state index in [0.29, 0.717) is 22.7 Å². The number of hydrogen-bond acceptors (Lipinski definition) is 14. The molecule has 17 aromatic carbocycles. The first-order valence-corrected chi connectivity index (χ1v) is 42.6. The number of halogens is 3. The number of benzene rings is 17. The maximum Gasteiger partial charge on any atom is 0.417 e. The van der Waals surface area contributed by atoms with E-state index >= 15 is 0 Å². The van der Waals surface area contributed by atoms with Crippen LogP contribution in [0.25, 0.3) is 33.4 Å². The summed E-state index contributed by atoms with van der Waals surface area (Å²) in [5, 5.41) is 0. The SMILES string of the molecule is C.Cc1ccc(-c2ccc(N)cc2C(F)(F)F)c(C)c1.Cc1ccc(Oc2cc(C)c(Oc3ccc(N)cc3)c(C)c2C)cc1.Cc1ccc(Oc2ccc(-c3ccc(Oc4ccc(N)cc4)cc3)cc2)cc1.Cc1ccc(Oc2ccc(C(C)(C)c3ccc(Oc4ccc(N)cc4)cc3)cc2)cc1.Nc1ccc(Oc2ccc(Oc3ccc(N)cc3)c(-c3ccccc3)c2)cc1. The van der Waals surface area contributed by atoms with E-state index in [2.05, 4.69) is 77.9 Å². The third kappa shape index (κ3) is 26.7. The fourth-order valence-corrected chi connectivity index (χ4v) is 14.0. The predicted octanol–water partition coefficient (Wildman–Crippen LogP) is 31.7. The van der Waals surface area contributed by atoms with Crippen LogP contribution in [0.2, 0.25) is 0 Å². The zero-order chi connectivity index (χ0) is 92.7. The lowest BCUT2D eigenvalue weighted by Crippen LogP contribution is -2.18. The number of hydrogen-bond donors (Lipinski definition) is 6. The summed E-state index contributed by atoms with van der Waals surface area (Å²) in [7, 11) is 0. The molecule has 17 aromatic rings. The molecule has 132 heavy (non-hydrogen) atoms. The topological polar surface area (TPSA) is 230 Å². The fraction of sp³-hybridized carbons (Fsp3) is 0.113. The van der Waals surface area contributed by atoms with Crippen LogP contribution in [0.1, 0.15) is 82.5 Å². The Morgan fingerprint density at radius 3 is 0.879 bits per heavy atom. The summed E-state index contributed by atoms with van der Waals surface area (Å²) in [5.41, 5.74) is 53.0. The Kier molecular flexibility index (Phi) is 31.6. The van der Waals surface area contributed by atoms with E-state index in [4.69, 9.17) is 72.3 Å². The van der Waals surface area contributed by atoms with Gasteiger partial charge in [0.1, 0.15) is 92.0 Å². The Labute approximate surface area is 772 Å². The molecule has 0 saturated carbocycles. The normalized spacial score (nSPS) is 10.7. The highest BCUT2D eigenvalue weighted by molar-refractivity contribution is 5.75. The molecule has 0 aliphatic carbocycles. The van der Waals surface area contributed by atoms with Crippen LogP contribution in [0, 0.1) is 55.4 Å². The number of anilines is 6. The molecular weight excluding hydrogens is 1650 g/mol. The van der Waals surface area contributed by atoms with E-state index in [0.717, 1.165) is 159 Å². The van der Waals surface area contributed by atoms with Crippen LogP contribution in [0.5, 0.6) is 92.0 Å². The minimum Gasteiger partial charge on any atom is -0.457 e. The van der Waals surface area contributed by atoms with Gasteiger partial charge in [-0.2, -0.15) is 13.2 Å². The largest absolute Gasteiger partial charge is 0.457 e. The van der Waals surface area contributed by atoms with Crippen LogP contribution >= 0.6 is 0 Å². The van der Waals surface area contributed by atoms with Crippen molar-refractivity contribution in [2.24, 2.45) is 0 Å². The summed E-state index contributed by atoms with van der Waals surface area (Å²) in [6.45, 7) is 20.5.